The lowest BCUT2D eigenvalue weighted by atomic mass is 10.1. The lowest BCUT2D eigenvalue weighted by Gasteiger charge is -2.19. The highest BCUT2D eigenvalue weighted by Gasteiger charge is 2.14. The van der Waals surface area contributed by atoms with Crippen molar-refractivity contribution < 1.29 is 19.3 Å². The molecule has 28 heavy (non-hydrogen) atoms. The molecule has 0 saturated carbocycles. The molecule has 7 nitrogen and oxygen atoms in total. The Bertz CT molecular complexity index is 769. The summed E-state index contributed by atoms with van der Waals surface area (Å²) in [6.07, 6.45) is 6.45. The van der Waals surface area contributed by atoms with E-state index >= 15 is 0 Å². The minimum Gasteiger partial charge on any atom is -0.488 e. The molecule has 0 spiro atoms. The molecular formula is C21H29N3O4. The summed E-state index contributed by atoms with van der Waals surface area (Å²) in [6, 6.07) is 5.98. The van der Waals surface area contributed by atoms with Crippen LogP contribution < -0.4 is 19.5 Å². The maximum atomic E-state index is 9.62. The molecule has 0 unspecified atom stereocenters. The minimum absolute atomic E-state index is 0.0368. The van der Waals surface area contributed by atoms with Crippen molar-refractivity contribution in [3.05, 3.63) is 35.8 Å². The van der Waals surface area contributed by atoms with E-state index in [0.717, 1.165) is 43.6 Å². The second-order valence-corrected chi connectivity index (χ2v) is 6.94. The van der Waals surface area contributed by atoms with E-state index in [1.807, 2.05) is 19.1 Å². The first kappa shape index (κ1) is 20.2. The van der Waals surface area contributed by atoms with Gasteiger partial charge in [-0.05, 0) is 43.9 Å². The lowest BCUT2D eigenvalue weighted by molar-refractivity contribution is 0.174. The summed E-state index contributed by atoms with van der Waals surface area (Å²) >= 11 is 0. The van der Waals surface area contributed by atoms with Crippen molar-refractivity contribution in [1.82, 2.24) is 9.97 Å². The van der Waals surface area contributed by atoms with Crippen molar-refractivity contribution in [2.24, 2.45) is 0 Å². The van der Waals surface area contributed by atoms with Gasteiger partial charge in [-0.1, -0.05) is 25.8 Å². The number of anilines is 1. The van der Waals surface area contributed by atoms with Gasteiger partial charge >= 0.3 is 0 Å². The first-order chi connectivity index (χ1) is 13.7. The van der Waals surface area contributed by atoms with Crippen molar-refractivity contribution in [3.63, 3.8) is 0 Å². The van der Waals surface area contributed by atoms with Crippen molar-refractivity contribution in [2.45, 2.75) is 52.0 Å². The van der Waals surface area contributed by atoms with Crippen LogP contribution in [0, 0.1) is 6.92 Å². The molecule has 0 radical (unpaired) electrons. The van der Waals surface area contributed by atoms with Gasteiger partial charge in [0, 0.05) is 0 Å². The summed E-state index contributed by atoms with van der Waals surface area (Å²) in [5.41, 5.74) is 1.19. The van der Waals surface area contributed by atoms with Crippen molar-refractivity contribution in [1.29, 1.82) is 0 Å². The molecule has 1 atom stereocenters. The zero-order chi connectivity index (χ0) is 19.8. The normalized spacial score (nSPS) is 13.4. The average molecular weight is 387 g/mol. The number of hydrogen-bond acceptors (Lipinski definition) is 7. The Morgan fingerprint density at radius 3 is 2.93 bits per heavy atom. The molecule has 0 bridgehead atoms. The molecule has 1 aliphatic rings. The molecule has 1 aromatic heterocycles. The highest BCUT2D eigenvalue weighted by atomic mass is 16.7. The molecule has 1 aromatic carbocycles. The fraction of sp³-hybridized carbons (Fsp3) is 0.524. The van der Waals surface area contributed by atoms with Gasteiger partial charge in [-0.15, -0.1) is 0 Å². The third-order valence-corrected chi connectivity index (χ3v) is 4.65. The van der Waals surface area contributed by atoms with E-state index in [1.165, 1.54) is 5.56 Å². The maximum Gasteiger partial charge on any atom is 0.231 e. The first-order valence-electron chi connectivity index (χ1n) is 9.92. The van der Waals surface area contributed by atoms with Gasteiger partial charge in [0.2, 0.25) is 6.79 Å². The highest BCUT2D eigenvalue weighted by Crippen LogP contribution is 2.32. The summed E-state index contributed by atoms with van der Waals surface area (Å²) in [5, 5.41) is 12.9. The summed E-state index contributed by atoms with van der Waals surface area (Å²) in [6.45, 7) is 4.88. The highest BCUT2D eigenvalue weighted by molar-refractivity contribution is 5.49. The number of aryl methyl sites for hydroxylation is 2. The Kier molecular flexibility index (Phi) is 7.31. The molecular weight excluding hydrogens is 358 g/mol. The fourth-order valence-corrected chi connectivity index (χ4v) is 3.08. The quantitative estimate of drug-likeness (QED) is 0.571. The van der Waals surface area contributed by atoms with E-state index in [4.69, 9.17) is 14.2 Å². The summed E-state index contributed by atoms with van der Waals surface area (Å²) in [5.74, 6) is 3.53. The largest absolute Gasteiger partial charge is 0.488 e. The Morgan fingerprint density at radius 1 is 1.25 bits per heavy atom. The Hall–Kier alpha value is -2.54. The number of rotatable bonds is 11. The van der Waals surface area contributed by atoms with E-state index in [2.05, 4.69) is 28.3 Å². The van der Waals surface area contributed by atoms with Gasteiger partial charge < -0.3 is 24.6 Å². The van der Waals surface area contributed by atoms with Gasteiger partial charge in [-0.2, -0.15) is 0 Å². The van der Waals surface area contributed by atoms with Crippen LogP contribution in [0.1, 0.15) is 44.0 Å². The van der Waals surface area contributed by atoms with Gasteiger partial charge in [0.25, 0.3) is 0 Å². The van der Waals surface area contributed by atoms with E-state index in [-0.39, 0.29) is 19.4 Å². The van der Waals surface area contributed by atoms with E-state index in [1.54, 1.807) is 6.20 Å². The molecule has 2 N–H and O–H groups in total. The maximum absolute atomic E-state index is 9.62. The lowest BCUT2D eigenvalue weighted by Crippen LogP contribution is -2.25. The third kappa shape index (κ3) is 5.48. The number of aliphatic hydroxyl groups excluding tert-OH is 1. The number of fused-ring (bicyclic) bond motifs is 1. The van der Waals surface area contributed by atoms with E-state index < -0.39 is 0 Å². The van der Waals surface area contributed by atoms with Crippen molar-refractivity contribution in [2.75, 3.05) is 25.3 Å². The Labute approximate surface area is 166 Å². The first-order valence-corrected chi connectivity index (χ1v) is 9.92. The molecule has 0 fully saturated rings. The van der Waals surface area contributed by atoms with Gasteiger partial charge in [-0.25, -0.2) is 9.97 Å². The smallest absolute Gasteiger partial charge is 0.231 e. The number of aliphatic hydroxyl groups is 1. The zero-order valence-corrected chi connectivity index (χ0v) is 16.6. The number of nitrogens with one attached hydrogen (secondary N) is 1. The van der Waals surface area contributed by atoms with Gasteiger partial charge in [0.15, 0.2) is 23.1 Å². The monoisotopic (exact) mass is 387 g/mol. The molecule has 0 amide bonds. The number of hydrogen-bond donors (Lipinski definition) is 2. The number of nitrogens with zero attached hydrogens (tertiary/aromatic N) is 2. The van der Waals surface area contributed by atoms with Crippen LogP contribution in [0.25, 0.3) is 0 Å². The number of benzene rings is 1. The Balaban J connectivity index is 1.53. The summed E-state index contributed by atoms with van der Waals surface area (Å²) in [7, 11) is 0. The zero-order valence-electron chi connectivity index (χ0n) is 16.6. The topological polar surface area (TPSA) is 85.7 Å². The molecule has 7 heteroatoms. The van der Waals surface area contributed by atoms with Crippen molar-refractivity contribution in [3.8, 4) is 17.2 Å². The SMILES string of the molecule is CCCC[C@@H](CO)Nc1nc(C)ncc1OCCCc1ccc2c(c1)OCO2. The number of ether oxygens (including phenoxy) is 3. The molecule has 0 aliphatic carbocycles. The van der Waals surface area contributed by atoms with E-state index in [0.29, 0.717) is 24.0 Å². The second-order valence-electron chi connectivity index (χ2n) is 6.94. The summed E-state index contributed by atoms with van der Waals surface area (Å²) < 4.78 is 16.7. The van der Waals surface area contributed by atoms with Crippen molar-refractivity contribution >= 4 is 5.82 Å². The van der Waals surface area contributed by atoms with Crippen LogP contribution in [-0.2, 0) is 6.42 Å². The minimum atomic E-state index is -0.0368. The van der Waals surface area contributed by atoms with E-state index in [9.17, 15) is 5.11 Å². The van der Waals surface area contributed by atoms with Crippen LogP contribution in [0.15, 0.2) is 24.4 Å². The van der Waals surface area contributed by atoms with Crippen LogP contribution >= 0.6 is 0 Å². The number of unbranched alkanes of at least 4 members (excludes halogenated alkanes) is 1. The Morgan fingerprint density at radius 2 is 2.11 bits per heavy atom. The van der Waals surface area contributed by atoms with Crippen LogP contribution in [-0.4, -0.2) is 41.1 Å². The van der Waals surface area contributed by atoms with Gasteiger partial charge in [-0.3, -0.25) is 0 Å². The molecule has 2 aromatic rings. The standard InChI is InChI=1S/C21H29N3O4/c1-3-4-7-17(13-25)24-21-20(12-22-15(2)23-21)26-10-5-6-16-8-9-18-19(11-16)28-14-27-18/h8-9,11-12,17,25H,3-7,10,13-14H2,1-2H3,(H,22,23,24)/t17-/m0/s1. The third-order valence-electron chi connectivity index (χ3n) is 4.65. The predicted octanol–water partition coefficient (Wildman–Crippen LogP) is 3.49. The molecule has 2 heterocycles. The van der Waals surface area contributed by atoms with Crippen LogP contribution in [0.3, 0.4) is 0 Å². The molecule has 0 saturated heterocycles. The van der Waals surface area contributed by atoms with Gasteiger partial charge in [0.05, 0.1) is 25.5 Å². The predicted molar refractivity (Wildman–Crippen MR) is 107 cm³/mol. The molecule has 1 aliphatic heterocycles. The van der Waals surface area contributed by atoms with Crippen LogP contribution in [0.5, 0.6) is 17.2 Å². The fourth-order valence-electron chi connectivity index (χ4n) is 3.08. The van der Waals surface area contributed by atoms with Crippen LogP contribution in [0.4, 0.5) is 5.82 Å². The molecule has 152 valence electrons. The summed E-state index contributed by atoms with van der Waals surface area (Å²) in [4.78, 5) is 8.70. The van der Waals surface area contributed by atoms with Gasteiger partial charge in [0.1, 0.15) is 5.82 Å². The van der Waals surface area contributed by atoms with Crippen LogP contribution in [0.2, 0.25) is 0 Å². The number of aromatic nitrogens is 2. The average Bonchev–Trinajstić information content (AvgIpc) is 3.17. The second kappa shape index (κ2) is 10.1. The molecule has 3 rings (SSSR count).